The molecule has 0 fully saturated rings. The first-order chi connectivity index (χ1) is 8.44. The number of benzene rings is 1. The maximum Gasteiger partial charge on any atom is 0.122 e. The monoisotopic (exact) mass is 243 g/mol. The van der Waals surface area contributed by atoms with Crippen molar-refractivity contribution in [2.45, 2.75) is 40.0 Å². The Morgan fingerprint density at radius 3 is 2.72 bits per heavy atom. The van der Waals surface area contributed by atoms with Gasteiger partial charge in [0.25, 0.3) is 0 Å². The summed E-state index contributed by atoms with van der Waals surface area (Å²) in [5.41, 5.74) is 1.09. The van der Waals surface area contributed by atoms with Gasteiger partial charge in [0.2, 0.25) is 0 Å². The molecular formula is C16H21NO. The molecule has 0 aromatic heterocycles. The van der Waals surface area contributed by atoms with Gasteiger partial charge in [-0.1, -0.05) is 39.0 Å². The Morgan fingerprint density at radius 2 is 2.06 bits per heavy atom. The summed E-state index contributed by atoms with van der Waals surface area (Å²) >= 11 is 0. The van der Waals surface area contributed by atoms with Crippen molar-refractivity contribution in [1.82, 2.24) is 0 Å². The van der Waals surface area contributed by atoms with Crippen molar-refractivity contribution in [2.24, 2.45) is 10.8 Å². The molecule has 2 heteroatoms. The van der Waals surface area contributed by atoms with E-state index in [9.17, 15) is 5.26 Å². The van der Waals surface area contributed by atoms with E-state index in [0.29, 0.717) is 6.61 Å². The standard InChI is InChI=1S/C16H21NO/c1-15(2,3)8-9-16(11-17)10-13-6-4-5-7-14(13)18-12-16/h4-7H,8-10,12H2,1-3H3. The molecule has 96 valence electrons. The van der Waals surface area contributed by atoms with Crippen molar-refractivity contribution < 1.29 is 4.74 Å². The molecule has 1 heterocycles. The van der Waals surface area contributed by atoms with Crippen LogP contribution in [-0.2, 0) is 6.42 Å². The molecular weight excluding hydrogens is 222 g/mol. The minimum absolute atomic E-state index is 0.265. The van der Waals surface area contributed by atoms with Crippen molar-refractivity contribution in [3.05, 3.63) is 29.8 Å². The van der Waals surface area contributed by atoms with E-state index in [0.717, 1.165) is 25.0 Å². The number of nitrogens with zero attached hydrogens (tertiary/aromatic N) is 1. The van der Waals surface area contributed by atoms with Gasteiger partial charge >= 0.3 is 0 Å². The van der Waals surface area contributed by atoms with E-state index in [-0.39, 0.29) is 10.8 Å². The van der Waals surface area contributed by atoms with Crippen molar-refractivity contribution in [3.8, 4) is 11.8 Å². The molecule has 1 atom stereocenters. The van der Waals surface area contributed by atoms with Gasteiger partial charge in [0, 0.05) is 0 Å². The summed E-state index contributed by atoms with van der Waals surface area (Å²) in [4.78, 5) is 0. The predicted molar refractivity (Wildman–Crippen MR) is 72.4 cm³/mol. The molecule has 0 N–H and O–H groups in total. The Morgan fingerprint density at radius 1 is 1.33 bits per heavy atom. The zero-order valence-corrected chi connectivity index (χ0v) is 11.5. The fourth-order valence-corrected chi connectivity index (χ4v) is 2.32. The summed E-state index contributed by atoms with van der Waals surface area (Å²) in [5.74, 6) is 0.944. The van der Waals surface area contributed by atoms with Crippen LogP contribution < -0.4 is 4.74 Å². The molecule has 2 rings (SSSR count). The molecule has 0 saturated heterocycles. The Hall–Kier alpha value is -1.49. The topological polar surface area (TPSA) is 33.0 Å². The normalized spacial score (nSPS) is 22.8. The lowest BCUT2D eigenvalue weighted by molar-refractivity contribution is 0.144. The highest BCUT2D eigenvalue weighted by molar-refractivity contribution is 5.37. The lowest BCUT2D eigenvalue weighted by Gasteiger charge is -2.34. The zero-order valence-electron chi connectivity index (χ0n) is 11.5. The van der Waals surface area contributed by atoms with Gasteiger partial charge in [0.15, 0.2) is 0 Å². The van der Waals surface area contributed by atoms with E-state index in [2.05, 4.69) is 32.9 Å². The van der Waals surface area contributed by atoms with Gasteiger partial charge in [0.1, 0.15) is 12.4 Å². The largest absolute Gasteiger partial charge is 0.492 e. The van der Waals surface area contributed by atoms with E-state index in [4.69, 9.17) is 4.74 Å². The third-order valence-corrected chi connectivity index (χ3v) is 3.60. The van der Waals surface area contributed by atoms with Gasteiger partial charge in [0.05, 0.1) is 11.5 Å². The third-order valence-electron chi connectivity index (χ3n) is 3.60. The second-order valence-corrected chi connectivity index (χ2v) is 6.53. The van der Waals surface area contributed by atoms with Gasteiger partial charge in [-0.3, -0.25) is 0 Å². The van der Waals surface area contributed by atoms with Crippen LogP contribution in [0.2, 0.25) is 0 Å². The van der Waals surface area contributed by atoms with Crippen molar-refractivity contribution in [2.75, 3.05) is 6.61 Å². The van der Waals surface area contributed by atoms with Crippen LogP contribution in [0, 0.1) is 22.2 Å². The first kappa shape index (κ1) is 13.0. The van der Waals surface area contributed by atoms with Crippen molar-refractivity contribution in [3.63, 3.8) is 0 Å². The summed E-state index contributed by atoms with van der Waals surface area (Å²) < 4.78 is 5.77. The Kier molecular flexibility index (Phi) is 3.34. The van der Waals surface area contributed by atoms with E-state index in [1.165, 1.54) is 5.56 Å². The smallest absolute Gasteiger partial charge is 0.122 e. The number of fused-ring (bicyclic) bond motifs is 1. The summed E-state index contributed by atoms with van der Waals surface area (Å²) in [5, 5.41) is 9.53. The first-order valence-electron chi connectivity index (χ1n) is 6.56. The van der Waals surface area contributed by atoms with E-state index in [1.807, 2.05) is 18.2 Å². The Labute approximate surface area is 110 Å². The lowest BCUT2D eigenvalue weighted by atomic mass is 9.74. The minimum Gasteiger partial charge on any atom is -0.492 e. The molecule has 0 amide bonds. The molecule has 1 aromatic rings. The number of rotatable bonds is 2. The highest BCUT2D eigenvalue weighted by Crippen LogP contribution is 2.39. The van der Waals surface area contributed by atoms with E-state index in [1.54, 1.807) is 0 Å². The van der Waals surface area contributed by atoms with E-state index < -0.39 is 0 Å². The van der Waals surface area contributed by atoms with Crippen molar-refractivity contribution >= 4 is 0 Å². The molecule has 1 aromatic carbocycles. The quantitative estimate of drug-likeness (QED) is 0.787. The summed E-state index contributed by atoms with van der Waals surface area (Å²) in [6.07, 6.45) is 2.77. The molecule has 0 bridgehead atoms. The van der Waals surface area contributed by atoms with Gasteiger partial charge in [-0.25, -0.2) is 0 Å². The molecule has 0 radical (unpaired) electrons. The van der Waals surface area contributed by atoms with Crippen LogP contribution in [0.5, 0.6) is 5.75 Å². The van der Waals surface area contributed by atoms with Crippen LogP contribution in [0.4, 0.5) is 0 Å². The van der Waals surface area contributed by atoms with Gasteiger partial charge in [-0.05, 0) is 36.3 Å². The highest BCUT2D eigenvalue weighted by atomic mass is 16.5. The molecule has 0 spiro atoms. The van der Waals surface area contributed by atoms with Crippen LogP contribution in [-0.4, -0.2) is 6.61 Å². The molecule has 0 saturated carbocycles. The summed E-state index contributed by atoms with van der Waals surface area (Å²) in [6, 6.07) is 10.6. The van der Waals surface area contributed by atoms with Crippen molar-refractivity contribution in [1.29, 1.82) is 5.26 Å². The predicted octanol–water partition coefficient (Wildman–Crippen LogP) is 3.96. The van der Waals surface area contributed by atoms with Gasteiger partial charge < -0.3 is 4.74 Å². The average Bonchev–Trinajstić information content (AvgIpc) is 2.35. The number of ether oxygens (including phenoxy) is 1. The van der Waals surface area contributed by atoms with Gasteiger partial charge in [-0.2, -0.15) is 5.26 Å². The fraction of sp³-hybridized carbons (Fsp3) is 0.562. The van der Waals surface area contributed by atoms with Gasteiger partial charge in [-0.15, -0.1) is 0 Å². The van der Waals surface area contributed by atoms with Crippen LogP contribution in [0.15, 0.2) is 24.3 Å². The number of para-hydroxylation sites is 1. The second-order valence-electron chi connectivity index (χ2n) is 6.53. The Balaban J connectivity index is 2.15. The SMILES string of the molecule is CC(C)(C)CCC1(C#N)COc2ccccc2C1. The minimum atomic E-state index is -0.346. The Bertz CT molecular complexity index is 467. The van der Waals surface area contributed by atoms with Crippen LogP contribution in [0.25, 0.3) is 0 Å². The lowest BCUT2D eigenvalue weighted by Crippen LogP contribution is -2.34. The third kappa shape index (κ3) is 2.85. The molecule has 0 aliphatic carbocycles. The summed E-state index contributed by atoms with van der Waals surface area (Å²) in [7, 11) is 0. The number of hydrogen-bond donors (Lipinski definition) is 0. The van der Waals surface area contributed by atoms with Crippen LogP contribution in [0.1, 0.15) is 39.2 Å². The molecule has 18 heavy (non-hydrogen) atoms. The molecule has 2 nitrogen and oxygen atoms in total. The molecule has 1 aliphatic rings. The number of hydrogen-bond acceptors (Lipinski definition) is 2. The fourth-order valence-electron chi connectivity index (χ4n) is 2.32. The zero-order chi connectivity index (χ0) is 13.2. The molecule has 1 aliphatic heterocycles. The van der Waals surface area contributed by atoms with Crippen LogP contribution >= 0.6 is 0 Å². The molecule has 1 unspecified atom stereocenters. The second kappa shape index (κ2) is 4.65. The average molecular weight is 243 g/mol. The first-order valence-corrected chi connectivity index (χ1v) is 6.56. The maximum atomic E-state index is 9.53. The number of nitriles is 1. The van der Waals surface area contributed by atoms with Crippen LogP contribution in [0.3, 0.4) is 0 Å². The maximum absolute atomic E-state index is 9.53. The highest BCUT2D eigenvalue weighted by Gasteiger charge is 2.36. The van der Waals surface area contributed by atoms with E-state index >= 15 is 0 Å². The summed E-state index contributed by atoms with van der Waals surface area (Å²) in [6.45, 7) is 7.18.